The van der Waals surface area contributed by atoms with E-state index in [1.165, 1.54) is 0 Å². The summed E-state index contributed by atoms with van der Waals surface area (Å²) in [4.78, 5) is 0. The quantitative estimate of drug-likeness (QED) is 0.861. The number of rotatable bonds is 1. The monoisotopic (exact) mass is 266 g/mol. The molecule has 15 heavy (non-hydrogen) atoms. The van der Waals surface area contributed by atoms with Gasteiger partial charge in [0.05, 0.1) is 11.4 Å². The van der Waals surface area contributed by atoms with Gasteiger partial charge in [0.2, 0.25) is 0 Å². The third-order valence-electron chi connectivity index (χ3n) is 2.40. The van der Waals surface area contributed by atoms with E-state index in [2.05, 4.69) is 26.2 Å². The summed E-state index contributed by atoms with van der Waals surface area (Å²) in [5.74, 6) is 0.467. The number of halogens is 1. The first-order valence-corrected chi connectivity index (χ1v) is 5.34. The zero-order chi connectivity index (χ0) is 11.0. The Balaban J connectivity index is 2.64. The number of nitrogens with two attached hydrogens (primary N) is 1. The lowest BCUT2D eigenvalue weighted by atomic mass is 10.2. The van der Waals surface area contributed by atoms with Crippen molar-refractivity contribution in [2.45, 2.75) is 13.8 Å². The fraction of sp³-hybridized carbons (Fsp3) is 0.200. The minimum Gasteiger partial charge on any atom is -0.381 e. The highest BCUT2D eigenvalue weighted by Crippen LogP contribution is 2.23. The first-order valence-electron chi connectivity index (χ1n) is 4.54. The average Bonchev–Trinajstić information content (AvgIpc) is 2.53. The number of anilines is 1. The molecular formula is C10H11BrN4. The molecule has 0 saturated carbocycles. The van der Waals surface area contributed by atoms with E-state index in [4.69, 9.17) is 5.73 Å². The van der Waals surface area contributed by atoms with Crippen LogP contribution in [0.1, 0.15) is 11.3 Å². The Bertz CT molecular complexity index is 504. The lowest BCUT2D eigenvalue weighted by molar-refractivity contribution is 0.780. The van der Waals surface area contributed by atoms with Crippen LogP contribution < -0.4 is 5.73 Å². The van der Waals surface area contributed by atoms with Gasteiger partial charge in [-0.05, 0) is 31.5 Å². The third kappa shape index (κ3) is 1.63. The van der Waals surface area contributed by atoms with Gasteiger partial charge < -0.3 is 5.73 Å². The summed E-state index contributed by atoms with van der Waals surface area (Å²) in [6.07, 6.45) is 0. The largest absolute Gasteiger partial charge is 0.381 e. The Hall–Kier alpha value is -1.36. The number of benzene rings is 1. The number of nitrogen functional groups attached to an aromatic ring is 1. The van der Waals surface area contributed by atoms with Crippen LogP contribution >= 0.6 is 15.9 Å². The minimum absolute atomic E-state index is 0.467. The van der Waals surface area contributed by atoms with Gasteiger partial charge in [0.1, 0.15) is 0 Å². The van der Waals surface area contributed by atoms with Crippen LogP contribution in [0.4, 0.5) is 5.82 Å². The van der Waals surface area contributed by atoms with E-state index in [0.29, 0.717) is 5.82 Å². The van der Waals surface area contributed by atoms with Crippen LogP contribution in [0.25, 0.3) is 5.69 Å². The summed E-state index contributed by atoms with van der Waals surface area (Å²) in [6.45, 7) is 3.92. The maximum Gasteiger partial charge on any atom is 0.169 e. The average molecular weight is 267 g/mol. The van der Waals surface area contributed by atoms with Crippen LogP contribution in [-0.4, -0.2) is 15.0 Å². The van der Waals surface area contributed by atoms with Crippen molar-refractivity contribution < 1.29 is 0 Å². The molecule has 2 aromatic rings. The summed E-state index contributed by atoms with van der Waals surface area (Å²) in [5.41, 5.74) is 8.63. The maximum atomic E-state index is 5.66. The summed E-state index contributed by atoms with van der Waals surface area (Å²) in [5, 5.41) is 7.85. The van der Waals surface area contributed by atoms with Crippen molar-refractivity contribution in [1.29, 1.82) is 0 Å². The van der Waals surface area contributed by atoms with Gasteiger partial charge >= 0.3 is 0 Å². The molecule has 1 heterocycles. The molecule has 1 aromatic heterocycles. The van der Waals surface area contributed by atoms with Crippen LogP contribution in [-0.2, 0) is 0 Å². The molecule has 0 unspecified atom stereocenters. The van der Waals surface area contributed by atoms with Gasteiger partial charge in [-0.2, -0.15) is 0 Å². The fourth-order valence-electron chi connectivity index (χ4n) is 1.40. The highest BCUT2D eigenvalue weighted by Gasteiger charge is 2.10. The van der Waals surface area contributed by atoms with Crippen LogP contribution in [0, 0.1) is 13.8 Å². The summed E-state index contributed by atoms with van der Waals surface area (Å²) < 4.78 is 2.79. The highest BCUT2D eigenvalue weighted by molar-refractivity contribution is 9.10. The second-order valence-corrected chi connectivity index (χ2v) is 4.21. The smallest absolute Gasteiger partial charge is 0.169 e. The molecular weight excluding hydrogens is 256 g/mol. The topological polar surface area (TPSA) is 56.7 Å². The molecule has 0 saturated heterocycles. The standard InChI is InChI=1S/C10H11BrN4/c1-6-8(11)4-3-5-9(6)15-7(2)10(12)13-14-15/h3-5H,12H2,1-2H3. The van der Waals surface area contributed by atoms with Crippen molar-refractivity contribution >= 4 is 21.7 Å². The molecule has 78 valence electrons. The van der Waals surface area contributed by atoms with Gasteiger partial charge in [-0.15, -0.1) is 5.10 Å². The second kappa shape index (κ2) is 3.66. The molecule has 2 N–H and O–H groups in total. The van der Waals surface area contributed by atoms with Gasteiger partial charge in [-0.3, -0.25) is 0 Å². The van der Waals surface area contributed by atoms with E-state index in [0.717, 1.165) is 21.4 Å². The third-order valence-corrected chi connectivity index (χ3v) is 3.26. The summed E-state index contributed by atoms with van der Waals surface area (Å²) >= 11 is 3.48. The van der Waals surface area contributed by atoms with E-state index >= 15 is 0 Å². The molecule has 0 fully saturated rings. The van der Waals surface area contributed by atoms with Crippen molar-refractivity contribution in [1.82, 2.24) is 15.0 Å². The lowest BCUT2D eigenvalue weighted by Gasteiger charge is -2.08. The van der Waals surface area contributed by atoms with Crippen LogP contribution in [0.5, 0.6) is 0 Å². The van der Waals surface area contributed by atoms with Crippen LogP contribution in [0.2, 0.25) is 0 Å². The minimum atomic E-state index is 0.467. The zero-order valence-electron chi connectivity index (χ0n) is 8.53. The van der Waals surface area contributed by atoms with Gasteiger partial charge in [0.15, 0.2) is 5.82 Å². The molecule has 2 rings (SSSR count). The molecule has 1 aromatic carbocycles. The van der Waals surface area contributed by atoms with Crippen molar-refractivity contribution in [2.24, 2.45) is 0 Å². The number of nitrogens with zero attached hydrogens (tertiary/aromatic N) is 3. The van der Waals surface area contributed by atoms with Gasteiger partial charge in [-0.25, -0.2) is 4.68 Å². The fourth-order valence-corrected chi connectivity index (χ4v) is 1.75. The van der Waals surface area contributed by atoms with E-state index < -0.39 is 0 Å². The Morgan fingerprint density at radius 1 is 1.33 bits per heavy atom. The SMILES string of the molecule is Cc1c(Br)cccc1-n1nnc(N)c1C. The molecule has 4 nitrogen and oxygen atoms in total. The van der Waals surface area contributed by atoms with Crippen molar-refractivity contribution in [3.05, 3.63) is 33.9 Å². The van der Waals surface area contributed by atoms with Crippen molar-refractivity contribution in [3.63, 3.8) is 0 Å². The number of aromatic nitrogens is 3. The highest BCUT2D eigenvalue weighted by atomic mass is 79.9. The Labute approximate surface area is 96.2 Å². The molecule has 0 aliphatic carbocycles. The molecule has 0 radical (unpaired) electrons. The normalized spacial score (nSPS) is 10.6. The van der Waals surface area contributed by atoms with E-state index in [1.807, 2.05) is 32.0 Å². The zero-order valence-corrected chi connectivity index (χ0v) is 10.1. The molecule has 0 spiro atoms. The first kappa shape index (κ1) is 10.2. The van der Waals surface area contributed by atoms with Crippen molar-refractivity contribution in [2.75, 3.05) is 5.73 Å². The Morgan fingerprint density at radius 2 is 2.07 bits per heavy atom. The Morgan fingerprint density at radius 3 is 2.67 bits per heavy atom. The maximum absolute atomic E-state index is 5.66. The molecule has 0 amide bonds. The van der Waals surface area contributed by atoms with E-state index in [-0.39, 0.29) is 0 Å². The Kier molecular flexibility index (Phi) is 2.48. The predicted molar refractivity (Wildman–Crippen MR) is 62.9 cm³/mol. The van der Waals surface area contributed by atoms with Crippen LogP contribution in [0.3, 0.4) is 0 Å². The van der Waals surface area contributed by atoms with E-state index in [1.54, 1.807) is 4.68 Å². The number of hydrogen-bond acceptors (Lipinski definition) is 3. The van der Waals surface area contributed by atoms with Crippen molar-refractivity contribution in [3.8, 4) is 5.69 Å². The molecule has 0 aliphatic rings. The number of hydrogen-bond donors (Lipinski definition) is 1. The molecule has 0 bridgehead atoms. The molecule has 0 aliphatic heterocycles. The second-order valence-electron chi connectivity index (χ2n) is 3.36. The predicted octanol–water partition coefficient (Wildman–Crippen LogP) is 2.23. The molecule has 0 atom stereocenters. The first-order chi connectivity index (χ1) is 7.11. The summed E-state index contributed by atoms with van der Waals surface area (Å²) in [6, 6.07) is 5.94. The van der Waals surface area contributed by atoms with Gasteiger partial charge in [0.25, 0.3) is 0 Å². The van der Waals surface area contributed by atoms with Crippen LogP contribution in [0.15, 0.2) is 22.7 Å². The lowest BCUT2D eigenvalue weighted by Crippen LogP contribution is -2.02. The van der Waals surface area contributed by atoms with E-state index in [9.17, 15) is 0 Å². The molecule has 5 heteroatoms. The van der Waals surface area contributed by atoms with Gasteiger partial charge in [0, 0.05) is 4.47 Å². The van der Waals surface area contributed by atoms with Gasteiger partial charge in [-0.1, -0.05) is 27.2 Å². The summed E-state index contributed by atoms with van der Waals surface area (Å²) in [7, 11) is 0.